The number of aromatic nitrogens is 2. The van der Waals surface area contributed by atoms with Crippen molar-refractivity contribution >= 4 is 17.4 Å². The molecular weight excluding hydrogens is 462 g/mol. The van der Waals surface area contributed by atoms with Crippen LogP contribution in [0.1, 0.15) is 30.5 Å². The lowest BCUT2D eigenvalue weighted by atomic mass is 9.95. The number of aryl methyl sites for hydroxylation is 1. The van der Waals surface area contributed by atoms with Crippen LogP contribution in [0.3, 0.4) is 0 Å². The van der Waals surface area contributed by atoms with Crippen molar-refractivity contribution in [3.63, 3.8) is 0 Å². The van der Waals surface area contributed by atoms with E-state index in [-0.39, 0.29) is 5.57 Å². The van der Waals surface area contributed by atoms with Crippen molar-refractivity contribution in [2.45, 2.75) is 25.9 Å². The van der Waals surface area contributed by atoms with Crippen molar-refractivity contribution in [1.82, 2.24) is 9.88 Å². The van der Waals surface area contributed by atoms with Crippen LogP contribution in [0.15, 0.2) is 66.8 Å². The number of carbonyl (C=O) groups excluding carboxylic acids is 2. The minimum atomic E-state index is -0.847. The van der Waals surface area contributed by atoms with Gasteiger partial charge in [-0.15, -0.1) is 0 Å². The minimum absolute atomic E-state index is 0.0781. The number of nitrogens with one attached hydrogen (secondary N) is 1. The highest BCUT2D eigenvalue weighted by Crippen LogP contribution is 2.41. The van der Waals surface area contributed by atoms with Gasteiger partial charge in [0.25, 0.3) is 5.91 Å². The highest BCUT2D eigenvalue weighted by molar-refractivity contribution is 6.46. The van der Waals surface area contributed by atoms with Crippen molar-refractivity contribution in [3.8, 4) is 17.2 Å². The summed E-state index contributed by atoms with van der Waals surface area (Å²) in [6.45, 7) is 3.25. The molecule has 188 valence electrons. The zero-order valence-electron chi connectivity index (χ0n) is 20.5. The summed E-state index contributed by atoms with van der Waals surface area (Å²) in [6, 6.07) is 10.8. The third kappa shape index (κ3) is 4.91. The van der Waals surface area contributed by atoms with Crippen molar-refractivity contribution in [2.75, 3.05) is 27.4 Å². The van der Waals surface area contributed by atoms with Crippen LogP contribution >= 0.6 is 0 Å². The summed E-state index contributed by atoms with van der Waals surface area (Å²) < 4.78 is 18.2. The largest absolute Gasteiger partial charge is 0.872 e. The molecular formula is C27H29N3O6. The molecule has 1 aliphatic rings. The number of hydrogen-bond acceptors (Lipinski definition) is 6. The molecule has 2 heterocycles. The molecule has 1 fully saturated rings. The number of aromatic amines is 1. The van der Waals surface area contributed by atoms with Crippen LogP contribution in [0.5, 0.6) is 17.2 Å². The van der Waals surface area contributed by atoms with Crippen molar-refractivity contribution in [1.29, 1.82) is 0 Å². The van der Waals surface area contributed by atoms with Gasteiger partial charge in [0, 0.05) is 18.5 Å². The summed E-state index contributed by atoms with van der Waals surface area (Å²) in [5, 5.41) is 13.6. The summed E-state index contributed by atoms with van der Waals surface area (Å²) in [5.41, 5.74) is 0.825. The molecule has 36 heavy (non-hydrogen) atoms. The van der Waals surface area contributed by atoms with E-state index in [0.29, 0.717) is 54.5 Å². The highest BCUT2D eigenvalue weighted by Gasteiger charge is 2.44. The summed E-state index contributed by atoms with van der Waals surface area (Å²) in [5.74, 6) is -0.386. The fourth-order valence-corrected chi connectivity index (χ4v) is 4.36. The van der Waals surface area contributed by atoms with Gasteiger partial charge in [0.1, 0.15) is 18.1 Å². The van der Waals surface area contributed by atoms with Gasteiger partial charge < -0.3 is 24.2 Å². The normalized spacial score (nSPS) is 16.9. The molecule has 1 saturated heterocycles. The molecule has 1 aromatic heterocycles. The Hall–Kier alpha value is -4.27. The molecule has 0 aliphatic carbocycles. The highest BCUT2D eigenvalue weighted by atomic mass is 16.5. The molecule has 3 aromatic rings. The molecule has 0 saturated carbocycles. The van der Waals surface area contributed by atoms with Crippen LogP contribution in [0.25, 0.3) is 5.76 Å². The third-order valence-corrected chi connectivity index (χ3v) is 6.10. The molecule has 2 aromatic carbocycles. The maximum absolute atomic E-state index is 13.6. The first-order chi connectivity index (χ1) is 17.5. The lowest BCUT2D eigenvalue weighted by Gasteiger charge is -2.28. The second kappa shape index (κ2) is 11.0. The quantitative estimate of drug-likeness (QED) is 0.201. The number of Topliss-reactive ketones (excluding diaryl/α,β-unsaturated/α-hetero) is 1. The van der Waals surface area contributed by atoms with Crippen LogP contribution in [-0.4, -0.2) is 48.9 Å². The van der Waals surface area contributed by atoms with E-state index in [4.69, 9.17) is 14.2 Å². The Labute approximate surface area is 209 Å². The Morgan fingerprint density at radius 1 is 1.08 bits per heavy atom. The van der Waals surface area contributed by atoms with Gasteiger partial charge in [-0.05, 0) is 42.3 Å². The first-order valence-electron chi connectivity index (χ1n) is 11.7. The number of methoxy groups -OCH3 is 2. The molecule has 1 unspecified atom stereocenters. The lowest BCUT2D eigenvalue weighted by Crippen LogP contribution is -2.36. The second-order valence-electron chi connectivity index (χ2n) is 8.25. The number of rotatable bonds is 10. The van der Waals surface area contributed by atoms with Crippen LogP contribution in [0.2, 0.25) is 0 Å². The molecule has 1 N–H and O–H groups in total. The fourth-order valence-electron chi connectivity index (χ4n) is 4.36. The standard InChI is InChI=1S/C27H29N3O6/c1-4-36-21-11-8-19(16-22(21)35-3)24-23(25(31)18-6-9-20(34-2)10-7-18)26(32)27(33)30(24)14-5-13-29-15-12-28-17-29/h6-12,15-17,24H,4-5,13-14H2,1-3H3,(H,31,32). The number of ketones is 1. The predicted molar refractivity (Wildman–Crippen MR) is 129 cm³/mol. The minimum Gasteiger partial charge on any atom is -0.872 e. The third-order valence-electron chi connectivity index (χ3n) is 6.10. The Morgan fingerprint density at radius 2 is 1.86 bits per heavy atom. The van der Waals surface area contributed by atoms with Gasteiger partial charge in [0.05, 0.1) is 33.4 Å². The average Bonchev–Trinajstić information content (AvgIpc) is 3.51. The molecule has 1 atom stereocenters. The maximum Gasteiger partial charge on any atom is 0.295 e. The van der Waals surface area contributed by atoms with Crippen LogP contribution in [-0.2, 0) is 16.1 Å². The zero-order chi connectivity index (χ0) is 25.7. The first-order valence-corrected chi connectivity index (χ1v) is 11.7. The fraction of sp³-hybridized carbons (Fsp3) is 0.296. The number of amides is 1. The number of nitrogens with zero attached hydrogens (tertiary/aromatic N) is 2. The molecule has 1 aliphatic heterocycles. The molecule has 4 rings (SSSR count). The smallest absolute Gasteiger partial charge is 0.295 e. The van der Waals surface area contributed by atoms with Crippen molar-refractivity contribution in [2.24, 2.45) is 0 Å². The van der Waals surface area contributed by atoms with Gasteiger partial charge in [-0.1, -0.05) is 24.0 Å². The van der Waals surface area contributed by atoms with Crippen molar-refractivity contribution < 1.29 is 33.5 Å². The predicted octanol–water partition coefficient (Wildman–Crippen LogP) is 2.03. The maximum atomic E-state index is 13.6. The van der Waals surface area contributed by atoms with E-state index < -0.39 is 23.5 Å². The van der Waals surface area contributed by atoms with Gasteiger partial charge in [-0.25, -0.2) is 4.57 Å². The molecule has 0 bridgehead atoms. The Kier molecular flexibility index (Phi) is 7.58. The monoisotopic (exact) mass is 491 g/mol. The topological polar surface area (TPSA) is 108 Å². The first kappa shape index (κ1) is 24.8. The van der Waals surface area contributed by atoms with E-state index in [9.17, 15) is 14.7 Å². The molecule has 9 nitrogen and oxygen atoms in total. The average molecular weight is 492 g/mol. The summed E-state index contributed by atoms with van der Waals surface area (Å²) >= 11 is 0. The second-order valence-corrected chi connectivity index (χ2v) is 8.25. The Morgan fingerprint density at radius 3 is 2.50 bits per heavy atom. The summed E-state index contributed by atoms with van der Waals surface area (Å²) in [7, 11) is 3.05. The Balaban J connectivity index is 1.76. The van der Waals surface area contributed by atoms with Gasteiger partial charge in [-0.2, -0.15) is 0 Å². The van der Waals surface area contributed by atoms with Crippen molar-refractivity contribution in [3.05, 3.63) is 77.9 Å². The molecule has 0 radical (unpaired) electrons. The van der Waals surface area contributed by atoms with E-state index in [1.165, 1.54) is 19.1 Å². The molecule has 1 amide bonds. The van der Waals surface area contributed by atoms with E-state index in [1.54, 1.807) is 48.7 Å². The number of hydrogen-bond donors (Lipinski definition) is 1. The zero-order valence-corrected chi connectivity index (χ0v) is 20.5. The number of ether oxygens (including phenoxy) is 3. The number of carbonyl (C=O) groups is 2. The molecule has 0 spiro atoms. The van der Waals surface area contributed by atoms with Crippen LogP contribution < -0.4 is 23.9 Å². The number of H-pyrrole nitrogens is 1. The number of likely N-dealkylation sites (tertiary alicyclic amines) is 1. The lowest BCUT2D eigenvalue weighted by molar-refractivity contribution is -0.695. The van der Waals surface area contributed by atoms with Crippen LogP contribution in [0.4, 0.5) is 0 Å². The molecule has 9 heteroatoms. The van der Waals surface area contributed by atoms with Gasteiger partial charge >= 0.3 is 0 Å². The number of benzene rings is 2. The van der Waals surface area contributed by atoms with Gasteiger partial charge in [-0.3, -0.25) is 14.6 Å². The summed E-state index contributed by atoms with van der Waals surface area (Å²) in [6.07, 6.45) is 6.10. The van der Waals surface area contributed by atoms with E-state index in [0.717, 1.165) is 0 Å². The van der Waals surface area contributed by atoms with Gasteiger partial charge in [0.2, 0.25) is 12.1 Å². The van der Waals surface area contributed by atoms with Gasteiger partial charge in [0.15, 0.2) is 11.5 Å². The number of imidazole rings is 1. The Bertz CT molecular complexity index is 1250. The van der Waals surface area contributed by atoms with Crippen LogP contribution in [0, 0.1) is 0 Å². The van der Waals surface area contributed by atoms with E-state index >= 15 is 0 Å². The summed E-state index contributed by atoms with van der Waals surface area (Å²) in [4.78, 5) is 30.8. The van der Waals surface area contributed by atoms with E-state index in [2.05, 4.69) is 4.98 Å². The SMILES string of the molecule is CCOc1ccc(C2/C(=C(\[O-])c3ccc(OC)cc3)C(=O)C(=O)N2CCC[n+]2cc[nH]c2)cc1OC. The van der Waals surface area contributed by atoms with E-state index in [1.807, 2.05) is 24.0 Å².